The van der Waals surface area contributed by atoms with Gasteiger partial charge in [0.05, 0.1) is 11.6 Å². The van der Waals surface area contributed by atoms with Crippen LogP contribution in [0.2, 0.25) is 0 Å². The predicted octanol–water partition coefficient (Wildman–Crippen LogP) is 10.1. The summed E-state index contributed by atoms with van der Waals surface area (Å²) >= 11 is 0. The van der Waals surface area contributed by atoms with Crippen LogP contribution in [0.3, 0.4) is 0 Å². The minimum absolute atomic E-state index is 0.0242. The van der Waals surface area contributed by atoms with Crippen LogP contribution in [0.15, 0.2) is 121 Å². The molecular weight excluding hydrogens is 585 g/mol. The van der Waals surface area contributed by atoms with E-state index in [9.17, 15) is 5.26 Å². The number of hydrogen-bond donors (Lipinski definition) is 0. The van der Waals surface area contributed by atoms with E-state index in [1.54, 1.807) is 0 Å². The highest BCUT2D eigenvalue weighted by Gasteiger charge is 2.62. The largest absolute Gasteiger partial charge is 0.208 e. The fraction of sp³-hybridized carbons (Fsp3) is 0.227. The molecule has 0 amide bonds. The lowest BCUT2D eigenvalue weighted by molar-refractivity contribution is -0.0397. The van der Waals surface area contributed by atoms with E-state index in [1.165, 1.54) is 65.5 Å². The third-order valence-corrected chi connectivity index (χ3v) is 11.9. The summed E-state index contributed by atoms with van der Waals surface area (Å²) in [6, 6.07) is 45.0. The average molecular weight is 619 g/mol. The summed E-state index contributed by atoms with van der Waals surface area (Å²) in [5.41, 5.74) is 11.8. The van der Waals surface area contributed by atoms with Gasteiger partial charge in [-0.3, -0.25) is 0 Å². The Hall–Kier alpha value is -5.40. The highest BCUT2D eigenvalue weighted by atomic mass is 15.0. The van der Waals surface area contributed by atoms with Crippen LogP contribution in [0.1, 0.15) is 48.8 Å². The third kappa shape index (κ3) is 4.04. The zero-order valence-electron chi connectivity index (χ0n) is 26.7. The molecular formula is C44H34N4. The predicted molar refractivity (Wildman–Crippen MR) is 190 cm³/mol. The second-order valence-corrected chi connectivity index (χ2v) is 14.4. The zero-order chi connectivity index (χ0) is 31.8. The van der Waals surface area contributed by atoms with Crippen LogP contribution >= 0.6 is 0 Å². The van der Waals surface area contributed by atoms with E-state index < -0.39 is 0 Å². The Bertz CT molecular complexity index is 2160. The van der Waals surface area contributed by atoms with Gasteiger partial charge in [0.25, 0.3) is 0 Å². The molecule has 0 saturated heterocycles. The minimum atomic E-state index is -0.0242. The maximum atomic E-state index is 9.98. The van der Waals surface area contributed by atoms with Crippen LogP contribution in [-0.4, -0.2) is 15.0 Å². The molecule has 4 bridgehead atoms. The number of hydrogen-bond acceptors (Lipinski definition) is 4. The fourth-order valence-electron chi connectivity index (χ4n) is 10.3. The molecule has 4 fully saturated rings. The maximum absolute atomic E-state index is 9.98. The molecule has 1 spiro atoms. The van der Waals surface area contributed by atoms with Crippen LogP contribution in [0.4, 0.5) is 0 Å². The quantitative estimate of drug-likeness (QED) is 0.197. The lowest BCUT2D eigenvalue weighted by atomic mass is 9.42. The first-order chi connectivity index (χ1) is 23.7. The highest BCUT2D eigenvalue weighted by Crippen LogP contribution is 2.70. The van der Waals surface area contributed by atoms with Crippen molar-refractivity contribution in [1.29, 1.82) is 5.26 Å². The molecule has 4 saturated carbocycles. The molecule has 0 N–H and O–H groups in total. The van der Waals surface area contributed by atoms with Crippen LogP contribution in [-0.2, 0) is 5.41 Å². The number of nitriles is 1. The van der Waals surface area contributed by atoms with Gasteiger partial charge >= 0.3 is 0 Å². The van der Waals surface area contributed by atoms with E-state index in [2.05, 4.69) is 60.7 Å². The van der Waals surface area contributed by atoms with E-state index >= 15 is 0 Å². The number of benzene rings is 5. The molecule has 5 aromatic carbocycles. The Morgan fingerprint density at radius 1 is 0.500 bits per heavy atom. The molecule has 0 atom stereocenters. The van der Waals surface area contributed by atoms with Gasteiger partial charge in [-0.05, 0) is 101 Å². The van der Waals surface area contributed by atoms with Gasteiger partial charge in [-0.15, -0.1) is 0 Å². The van der Waals surface area contributed by atoms with Crippen LogP contribution < -0.4 is 0 Å². The Kier molecular flexibility index (Phi) is 6.09. The number of fused-ring (bicyclic) bond motifs is 3. The van der Waals surface area contributed by atoms with Crippen molar-refractivity contribution in [3.8, 4) is 62.5 Å². The number of nitrogens with zero attached hydrogens (tertiary/aromatic N) is 4. The van der Waals surface area contributed by atoms with E-state index in [0.717, 1.165) is 34.1 Å². The van der Waals surface area contributed by atoms with Crippen molar-refractivity contribution >= 4 is 0 Å². The fourth-order valence-corrected chi connectivity index (χ4v) is 10.3. The molecule has 0 aliphatic heterocycles. The first-order valence-electron chi connectivity index (χ1n) is 17.3. The Morgan fingerprint density at radius 2 is 1.02 bits per heavy atom. The molecule has 0 radical (unpaired) electrons. The SMILES string of the molecule is N#Cc1ccc2c(c1)C1(c3c(-c4ccc(-c5nc(-c6ccccc6)nc(-c6ccccc6)n5)cc4)cccc3-2)C2CC3CC(C2)CC1C3. The maximum Gasteiger partial charge on any atom is 0.164 e. The van der Waals surface area contributed by atoms with Crippen LogP contribution in [0.25, 0.3) is 56.4 Å². The van der Waals surface area contributed by atoms with Gasteiger partial charge in [0.2, 0.25) is 0 Å². The van der Waals surface area contributed by atoms with Gasteiger partial charge in [-0.1, -0.05) is 109 Å². The second-order valence-electron chi connectivity index (χ2n) is 14.4. The summed E-state index contributed by atoms with van der Waals surface area (Å²) in [4.78, 5) is 14.8. The zero-order valence-corrected chi connectivity index (χ0v) is 26.7. The van der Waals surface area contributed by atoms with Crippen LogP contribution in [0, 0.1) is 35.0 Å². The van der Waals surface area contributed by atoms with Crippen molar-refractivity contribution in [2.24, 2.45) is 23.7 Å². The van der Waals surface area contributed by atoms with Crippen LogP contribution in [0.5, 0.6) is 0 Å². The first kappa shape index (κ1) is 27.7. The molecule has 0 unspecified atom stereocenters. The summed E-state index contributed by atoms with van der Waals surface area (Å²) in [7, 11) is 0. The molecule has 4 heteroatoms. The second kappa shape index (κ2) is 10.6. The molecule has 6 aromatic rings. The van der Waals surface area contributed by atoms with Crippen molar-refractivity contribution in [3.63, 3.8) is 0 Å². The lowest BCUT2D eigenvalue weighted by Gasteiger charge is -2.61. The summed E-state index contributed by atoms with van der Waals surface area (Å²) in [5, 5.41) is 9.98. The van der Waals surface area contributed by atoms with Gasteiger partial charge in [0.15, 0.2) is 17.5 Å². The third-order valence-electron chi connectivity index (χ3n) is 11.9. The highest BCUT2D eigenvalue weighted by molar-refractivity contribution is 5.90. The molecule has 48 heavy (non-hydrogen) atoms. The standard InChI is InChI=1S/C44H34N4/c45-26-27-14-19-37-38-13-7-12-36(40(38)44(39(37)25-27)34-21-28-20-29(23-34)24-35(44)22-28)30-15-17-33(18-16-30)43-47-41(31-8-3-1-4-9-31)46-42(48-43)32-10-5-2-6-11-32/h1-19,25,28-29,34-35H,20-24H2. The molecule has 1 heterocycles. The van der Waals surface area contributed by atoms with Gasteiger partial charge in [-0.25, -0.2) is 15.0 Å². The van der Waals surface area contributed by atoms with E-state index in [4.69, 9.17) is 15.0 Å². The topological polar surface area (TPSA) is 62.5 Å². The van der Waals surface area contributed by atoms with Gasteiger partial charge < -0.3 is 0 Å². The first-order valence-corrected chi connectivity index (χ1v) is 17.3. The van der Waals surface area contributed by atoms with E-state index in [1.807, 2.05) is 66.7 Å². The average Bonchev–Trinajstić information content (AvgIpc) is 3.44. The Labute approximate surface area is 281 Å². The normalized spacial score (nSPS) is 24.3. The molecule has 5 aliphatic carbocycles. The van der Waals surface area contributed by atoms with Crippen molar-refractivity contribution in [2.45, 2.75) is 37.5 Å². The monoisotopic (exact) mass is 618 g/mol. The van der Waals surface area contributed by atoms with Crippen molar-refractivity contribution in [1.82, 2.24) is 15.0 Å². The number of rotatable bonds is 4. The molecule has 1 aromatic heterocycles. The van der Waals surface area contributed by atoms with Crippen molar-refractivity contribution < 1.29 is 0 Å². The summed E-state index contributed by atoms with van der Waals surface area (Å²) in [6.07, 6.45) is 6.65. The molecule has 11 rings (SSSR count). The minimum Gasteiger partial charge on any atom is -0.208 e. The van der Waals surface area contributed by atoms with Gasteiger partial charge in [-0.2, -0.15) is 5.26 Å². The number of aromatic nitrogens is 3. The smallest absolute Gasteiger partial charge is 0.164 e. The summed E-state index contributed by atoms with van der Waals surface area (Å²) < 4.78 is 0. The van der Waals surface area contributed by atoms with E-state index in [0.29, 0.717) is 29.3 Å². The Balaban J connectivity index is 1.11. The lowest BCUT2D eigenvalue weighted by Crippen LogP contribution is -2.55. The van der Waals surface area contributed by atoms with Crippen molar-refractivity contribution in [2.75, 3.05) is 0 Å². The van der Waals surface area contributed by atoms with Gasteiger partial charge in [0.1, 0.15) is 0 Å². The molecule has 4 nitrogen and oxygen atoms in total. The van der Waals surface area contributed by atoms with Crippen molar-refractivity contribution in [3.05, 3.63) is 138 Å². The Morgan fingerprint density at radius 3 is 1.58 bits per heavy atom. The summed E-state index contributed by atoms with van der Waals surface area (Å²) in [5.74, 6) is 4.98. The van der Waals surface area contributed by atoms with E-state index in [-0.39, 0.29) is 5.41 Å². The van der Waals surface area contributed by atoms with Gasteiger partial charge in [0, 0.05) is 22.1 Å². The summed E-state index contributed by atoms with van der Waals surface area (Å²) in [6.45, 7) is 0. The molecule has 230 valence electrons. The molecule has 5 aliphatic rings.